The second kappa shape index (κ2) is 6.36. The minimum absolute atomic E-state index is 0.361. The van der Waals surface area contributed by atoms with E-state index in [0.29, 0.717) is 33.7 Å². The van der Waals surface area contributed by atoms with E-state index >= 15 is 0 Å². The Bertz CT molecular complexity index is 827. The number of aryl methyl sites for hydroxylation is 1. The number of fused-ring (bicyclic) bond motifs is 1. The number of imidazole rings is 1. The summed E-state index contributed by atoms with van der Waals surface area (Å²) >= 11 is 7.24. The minimum Gasteiger partial charge on any atom is -0.309 e. The molecule has 2 aromatic rings. The maximum Gasteiger partial charge on any atom is 0.329 e. The van der Waals surface area contributed by atoms with Crippen LogP contribution >= 0.6 is 23.4 Å². The van der Waals surface area contributed by atoms with Crippen LogP contribution in [-0.2, 0) is 13.6 Å². The number of hydrogen-bond donors (Lipinski definition) is 1. The van der Waals surface area contributed by atoms with Crippen LogP contribution < -0.4 is 11.2 Å². The third-order valence-electron chi connectivity index (χ3n) is 2.86. The lowest BCUT2D eigenvalue weighted by atomic mass is 10.5. The van der Waals surface area contributed by atoms with E-state index in [9.17, 15) is 9.59 Å². The Hall–Kier alpha value is -1.73. The summed E-state index contributed by atoms with van der Waals surface area (Å²) in [6.45, 7) is 5.92. The van der Waals surface area contributed by atoms with Gasteiger partial charge in [0.1, 0.15) is 0 Å². The van der Waals surface area contributed by atoms with Crippen molar-refractivity contribution >= 4 is 34.5 Å². The fraction of sp³-hybridized carbons (Fsp3) is 0.308. The lowest BCUT2D eigenvalue weighted by Crippen LogP contribution is -2.29. The van der Waals surface area contributed by atoms with Crippen LogP contribution in [0.3, 0.4) is 0 Å². The molecule has 0 fully saturated rings. The molecule has 0 aromatic carbocycles. The largest absolute Gasteiger partial charge is 0.329 e. The van der Waals surface area contributed by atoms with Gasteiger partial charge in [-0.1, -0.05) is 35.5 Å². The van der Waals surface area contributed by atoms with Crippen LogP contribution in [0, 0.1) is 0 Å². The number of thioether (sulfide) groups is 1. The van der Waals surface area contributed by atoms with E-state index in [1.807, 2.05) is 6.08 Å². The topological polar surface area (TPSA) is 72.7 Å². The number of nitrogens with zero attached hydrogens (tertiary/aromatic N) is 3. The molecular formula is C13H15ClN4O2S. The predicted molar refractivity (Wildman–Crippen MR) is 86.1 cm³/mol. The predicted octanol–water partition coefficient (Wildman–Crippen LogP) is 1.84. The second-order valence-corrected chi connectivity index (χ2v) is 5.97. The monoisotopic (exact) mass is 326 g/mol. The van der Waals surface area contributed by atoms with Crippen molar-refractivity contribution in [2.75, 3.05) is 5.75 Å². The lowest BCUT2D eigenvalue weighted by molar-refractivity contribution is 0.746. The summed E-state index contributed by atoms with van der Waals surface area (Å²) in [5.41, 5.74) is -0.201. The van der Waals surface area contributed by atoms with E-state index in [2.05, 4.69) is 16.5 Å². The molecule has 0 atom stereocenters. The number of hydrogen-bond acceptors (Lipinski definition) is 4. The standard InChI is InChI=1S/C13H15ClN4O2S/c1-4-6-18-9-10(17(3)12(20)16-11(9)19)15-13(18)21-7-5-8(2)14/h4-5H,1,6-7H2,2-3H3,(H,16,19,20)/b8-5+. The van der Waals surface area contributed by atoms with E-state index in [1.54, 1.807) is 24.6 Å². The average Bonchev–Trinajstić information content (AvgIpc) is 2.76. The fourth-order valence-corrected chi connectivity index (χ4v) is 2.98. The highest BCUT2D eigenvalue weighted by molar-refractivity contribution is 7.99. The number of rotatable bonds is 5. The highest BCUT2D eigenvalue weighted by atomic mass is 35.5. The van der Waals surface area contributed by atoms with Crippen LogP contribution in [0.2, 0.25) is 0 Å². The van der Waals surface area contributed by atoms with Crippen molar-refractivity contribution in [1.82, 2.24) is 19.1 Å². The highest BCUT2D eigenvalue weighted by Gasteiger charge is 2.16. The smallest absolute Gasteiger partial charge is 0.309 e. The number of aromatic nitrogens is 4. The molecule has 0 radical (unpaired) electrons. The van der Waals surface area contributed by atoms with Crippen molar-refractivity contribution in [3.05, 3.63) is 44.6 Å². The summed E-state index contributed by atoms with van der Waals surface area (Å²) in [6.07, 6.45) is 3.53. The first-order chi connectivity index (χ1) is 9.95. The van der Waals surface area contributed by atoms with E-state index in [0.717, 1.165) is 0 Å². The van der Waals surface area contributed by atoms with E-state index in [-0.39, 0.29) is 0 Å². The molecule has 21 heavy (non-hydrogen) atoms. The molecule has 1 N–H and O–H groups in total. The highest BCUT2D eigenvalue weighted by Crippen LogP contribution is 2.22. The van der Waals surface area contributed by atoms with Crippen molar-refractivity contribution < 1.29 is 0 Å². The molecule has 2 aromatic heterocycles. The van der Waals surface area contributed by atoms with Gasteiger partial charge in [0.25, 0.3) is 5.56 Å². The van der Waals surface area contributed by atoms with Crippen molar-refractivity contribution in [3.8, 4) is 0 Å². The summed E-state index contributed by atoms with van der Waals surface area (Å²) in [7, 11) is 1.57. The van der Waals surface area contributed by atoms with Crippen LogP contribution in [0.15, 0.2) is 38.5 Å². The summed E-state index contributed by atoms with van der Waals surface area (Å²) in [5, 5.41) is 1.34. The van der Waals surface area contributed by atoms with E-state index in [1.165, 1.54) is 16.3 Å². The number of aromatic amines is 1. The third-order valence-corrected chi connectivity index (χ3v) is 3.92. The summed E-state index contributed by atoms with van der Waals surface area (Å²) in [6, 6.07) is 0. The van der Waals surface area contributed by atoms with Crippen molar-refractivity contribution in [3.63, 3.8) is 0 Å². The van der Waals surface area contributed by atoms with Crippen LogP contribution in [-0.4, -0.2) is 24.9 Å². The molecule has 0 amide bonds. The quantitative estimate of drug-likeness (QED) is 0.672. The van der Waals surface area contributed by atoms with Gasteiger partial charge in [-0.2, -0.15) is 0 Å². The Labute approximate surface area is 130 Å². The molecule has 0 aliphatic heterocycles. The molecule has 2 rings (SSSR count). The Kier molecular flexibility index (Phi) is 4.74. The number of halogens is 1. The molecule has 0 unspecified atom stereocenters. The molecule has 8 heteroatoms. The molecular weight excluding hydrogens is 312 g/mol. The zero-order valence-electron chi connectivity index (χ0n) is 11.7. The number of H-pyrrole nitrogens is 1. The molecule has 112 valence electrons. The van der Waals surface area contributed by atoms with Crippen LogP contribution in [0.1, 0.15) is 6.92 Å². The van der Waals surface area contributed by atoms with Crippen LogP contribution in [0.4, 0.5) is 0 Å². The molecule has 2 heterocycles. The third kappa shape index (κ3) is 3.14. The first-order valence-electron chi connectivity index (χ1n) is 6.21. The Morgan fingerprint density at radius 2 is 2.24 bits per heavy atom. The first kappa shape index (κ1) is 15.7. The van der Waals surface area contributed by atoms with Crippen molar-refractivity contribution in [2.24, 2.45) is 7.05 Å². The Balaban J connectivity index is 2.62. The minimum atomic E-state index is -0.483. The lowest BCUT2D eigenvalue weighted by Gasteiger charge is -2.04. The van der Waals surface area contributed by atoms with Gasteiger partial charge in [-0.05, 0) is 6.92 Å². The maximum absolute atomic E-state index is 12.0. The van der Waals surface area contributed by atoms with E-state index < -0.39 is 11.2 Å². The zero-order valence-corrected chi connectivity index (χ0v) is 13.3. The molecule has 0 saturated carbocycles. The first-order valence-corrected chi connectivity index (χ1v) is 7.57. The second-order valence-electron chi connectivity index (χ2n) is 4.39. The molecule has 0 saturated heterocycles. The van der Waals surface area contributed by atoms with Gasteiger partial charge in [0, 0.05) is 24.4 Å². The molecule has 0 aliphatic carbocycles. The van der Waals surface area contributed by atoms with Crippen molar-refractivity contribution in [1.29, 1.82) is 0 Å². The molecule has 0 aliphatic rings. The van der Waals surface area contributed by atoms with Gasteiger partial charge in [0.05, 0.1) is 0 Å². The summed E-state index contributed by atoms with van der Waals surface area (Å²) in [5.74, 6) is 0.627. The normalized spacial score (nSPS) is 12.0. The van der Waals surface area contributed by atoms with Crippen molar-refractivity contribution in [2.45, 2.75) is 18.6 Å². The molecule has 0 spiro atoms. The van der Waals surface area contributed by atoms with Gasteiger partial charge in [0.15, 0.2) is 16.3 Å². The van der Waals surface area contributed by atoms with Gasteiger partial charge >= 0.3 is 5.69 Å². The van der Waals surface area contributed by atoms with Gasteiger partial charge < -0.3 is 4.57 Å². The SMILES string of the molecule is C=CCn1c(SC/C=C(\C)Cl)nc2c1c(=O)[nH]c(=O)n2C. The average molecular weight is 327 g/mol. The number of nitrogens with one attached hydrogen (secondary N) is 1. The number of allylic oxidation sites excluding steroid dienone is 2. The Morgan fingerprint density at radius 1 is 1.52 bits per heavy atom. The molecule has 0 bridgehead atoms. The van der Waals surface area contributed by atoms with Gasteiger partial charge in [0.2, 0.25) is 0 Å². The Morgan fingerprint density at radius 3 is 2.86 bits per heavy atom. The maximum atomic E-state index is 12.0. The molecule has 6 nitrogen and oxygen atoms in total. The summed E-state index contributed by atoms with van der Waals surface area (Å²) in [4.78, 5) is 30.4. The summed E-state index contributed by atoms with van der Waals surface area (Å²) < 4.78 is 3.06. The van der Waals surface area contributed by atoms with Crippen LogP contribution in [0.25, 0.3) is 11.2 Å². The van der Waals surface area contributed by atoms with Crippen LogP contribution in [0.5, 0.6) is 0 Å². The zero-order chi connectivity index (χ0) is 15.6. The van der Waals surface area contributed by atoms with E-state index in [4.69, 9.17) is 11.6 Å². The fourth-order valence-electron chi connectivity index (χ4n) is 1.85. The van der Waals surface area contributed by atoms with Gasteiger partial charge in [-0.3, -0.25) is 14.3 Å². The van der Waals surface area contributed by atoms with Gasteiger partial charge in [-0.25, -0.2) is 9.78 Å². The van der Waals surface area contributed by atoms with Gasteiger partial charge in [-0.15, -0.1) is 6.58 Å².